The van der Waals surface area contributed by atoms with Crippen molar-refractivity contribution in [2.45, 2.75) is 12.6 Å². The molecule has 1 atom stereocenters. The Labute approximate surface area is 123 Å². The van der Waals surface area contributed by atoms with Gasteiger partial charge >= 0.3 is 0 Å². The van der Waals surface area contributed by atoms with E-state index in [0.29, 0.717) is 6.54 Å². The quantitative estimate of drug-likeness (QED) is 0.913. The van der Waals surface area contributed by atoms with E-state index in [0.717, 1.165) is 11.0 Å². The van der Waals surface area contributed by atoms with E-state index >= 15 is 0 Å². The zero-order valence-corrected chi connectivity index (χ0v) is 12.7. The highest BCUT2D eigenvalue weighted by Gasteiger charge is 2.15. The van der Waals surface area contributed by atoms with Crippen molar-refractivity contribution in [2.24, 2.45) is 5.73 Å². The van der Waals surface area contributed by atoms with Crippen molar-refractivity contribution in [1.29, 1.82) is 0 Å². The van der Waals surface area contributed by atoms with Gasteiger partial charge in [-0.25, -0.2) is 0 Å². The minimum atomic E-state index is 0.244. The second-order valence-electron chi connectivity index (χ2n) is 4.70. The first-order valence-corrected chi connectivity index (χ1v) is 7.19. The van der Waals surface area contributed by atoms with Gasteiger partial charge in [0, 0.05) is 23.6 Å². The molecule has 3 heteroatoms. The minimum Gasteiger partial charge on any atom is -0.329 e. The predicted molar refractivity (Wildman–Crippen MR) is 83.8 cm³/mol. The number of rotatable bonds is 5. The largest absolute Gasteiger partial charge is 0.329 e. The van der Waals surface area contributed by atoms with Crippen LogP contribution in [0, 0.1) is 0 Å². The highest BCUT2D eigenvalue weighted by atomic mass is 79.9. The van der Waals surface area contributed by atoms with Gasteiger partial charge in [0.15, 0.2) is 0 Å². The third-order valence-electron chi connectivity index (χ3n) is 3.28. The van der Waals surface area contributed by atoms with Gasteiger partial charge in [0.25, 0.3) is 0 Å². The summed E-state index contributed by atoms with van der Waals surface area (Å²) in [6, 6.07) is 19.1. The van der Waals surface area contributed by atoms with Gasteiger partial charge in [-0.3, -0.25) is 4.90 Å². The third-order valence-corrected chi connectivity index (χ3v) is 3.81. The van der Waals surface area contributed by atoms with E-state index in [4.69, 9.17) is 5.73 Å². The first-order chi connectivity index (χ1) is 9.20. The predicted octanol–water partition coefficient (Wildman–Crippen LogP) is 3.58. The minimum absolute atomic E-state index is 0.244. The molecule has 0 aliphatic carbocycles. The first-order valence-electron chi connectivity index (χ1n) is 6.40. The van der Waals surface area contributed by atoms with Gasteiger partial charge in [-0.15, -0.1) is 0 Å². The van der Waals surface area contributed by atoms with E-state index in [1.807, 2.05) is 6.07 Å². The van der Waals surface area contributed by atoms with E-state index in [1.165, 1.54) is 11.1 Å². The van der Waals surface area contributed by atoms with Crippen molar-refractivity contribution in [3.63, 3.8) is 0 Å². The van der Waals surface area contributed by atoms with Crippen LogP contribution in [0.25, 0.3) is 0 Å². The second-order valence-corrected chi connectivity index (χ2v) is 5.62. The molecule has 0 bridgehead atoms. The molecular formula is C16H19BrN2. The Balaban J connectivity index is 2.11. The van der Waals surface area contributed by atoms with Gasteiger partial charge < -0.3 is 5.73 Å². The van der Waals surface area contributed by atoms with Crippen LogP contribution in [0.3, 0.4) is 0 Å². The van der Waals surface area contributed by atoms with Crippen LogP contribution in [0.15, 0.2) is 59.1 Å². The fourth-order valence-electron chi connectivity index (χ4n) is 2.24. The topological polar surface area (TPSA) is 29.3 Å². The Morgan fingerprint density at radius 1 is 1.05 bits per heavy atom. The Hall–Kier alpha value is -1.16. The summed E-state index contributed by atoms with van der Waals surface area (Å²) in [6.45, 7) is 1.52. The third kappa shape index (κ3) is 3.90. The molecular weight excluding hydrogens is 300 g/mol. The Kier molecular flexibility index (Phi) is 5.14. The summed E-state index contributed by atoms with van der Waals surface area (Å²) in [7, 11) is 2.12. The standard InChI is InChI=1S/C16H19BrN2/c1-19(12-13-5-3-2-4-6-13)16(11-18)14-7-9-15(17)10-8-14/h2-10,16H,11-12,18H2,1H3. The average Bonchev–Trinajstić information content (AvgIpc) is 2.43. The molecule has 100 valence electrons. The van der Waals surface area contributed by atoms with Gasteiger partial charge in [0.1, 0.15) is 0 Å². The van der Waals surface area contributed by atoms with Gasteiger partial charge in [-0.2, -0.15) is 0 Å². The maximum atomic E-state index is 5.94. The van der Waals surface area contributed by atoms with Gasteiger partial charge in [-0.1, -0.05) is 58.4 Å². The van der Waals surface area contributed by atoms with E-state index in [9.17, 15) is 0 Å². The number of likely N-dealkylation sites (N-methyl/N-ethyl adjacent to an activating group) is 1. The van der Waals surface area contributed by atoms with E-state index in [-0.39, 0.29) is 6.04 Å². The zero-order chi connectivity index (χ0) is 13.7. The monoisotopic (exact) mass is 318 g/mol. The lowest BCUT2D eigenvalue weighted by Crippen LogP contribution is -2.30. The van der Waals surface area contributed by atoms with Crippen LogP contribution in [0.1, 0.15) is 17.2 Å². The van der Waals surface area contributed by atoms with Gasteiger partial charge in [0.2, 0.25) is 0 Å². The molecule has 0 amide bonds. The zero-order valence-electron chi connectivity index (χ0n) is 11.1. The molecule has 0 heterocycles. The number of hydrogen-bond donors (Lipinski definition) is 1. The summed E-state index contributed by atoms with van der Waals surface area (Å²) in [5.74, 6) is 0. The summed E-state index contributed by atoms with van der Waals surface area (Å²) in [5, 5.41) is 0. The fraction of sp³-hybridized carbons (Fsp3) is 0.250. The molecule has 0 aliphatic rings. The molecule has 2 aromatic carbocycles. The van der Waals surface area contributed by atoms with Gasteiger partial charge in [0.05, 0.1) is 0 Å². The van der Waals surface area contributed by atoms with Crippen LogP contribution >= 0.6 is 15.9 Å². The lowest BCUT2D eigenvalue weighted by atomic mass is 10.1. The van der Waals surface area contributed by atoms with Crippen LogP contribution in [-0.4, -0.2) is 18.5 Å². The SMILES string of the molecule is CN(Cc1ccccc1)C(CN)c1ccc(Br)cc1. The summed E-state index contributed by atoms with van der Waals surface area (Å²) in [6.07, 6.45) is 0. The number of benzene rings is 2. The average molecular weight is 319 g/mol. The highest BCUT2D eigenvalue weighted by Crippen LogP contribution is 2.22. The Morgan fingerprint density at radius 3 is 2.26 bits per heavy atom. The second kappa shape index (κ2) is 6.85. The molecule has 0 saturated heterocycles. The van der Waals surface area contributed by atoms with Crippen molar-refractivity contribution >= 4 is 15.9 Å². The van der Waals surface area contributed by atoms with E-state index in [1.54, 1.807) is 0 Å². The molecule has 1 unspecified atom stereocenters. The molecule has 0 aliphatic heterocycles. The molecule has 0 spiro atoms. The van der Waals surface area contributed by atoms with Crippen LogP contribution in [-0.2, 0) is 6.54 Å². The fourth-order valence-corrected chi connectivity index (χ4v) is 2.50. The maximum absolute atomic E-state index is 5.94. The maximum Gasteiger partial charge on any atom is 0.0470 e. The van der Waals surface area contributed by atoms with Crippen molar-refractivity contribution < 1.29 is 0 Å². The van der Waals surface area contributed by atoms with E-state index < -0.39 is 0 Å². The molecule has 0 fully saturated rings. The Morgan fingerprint density at radius 2 is 1.68 bits per heavy atom. The molecule has 2 aromatic rings. The normalized spacial score (nSPS) is 12.6. The number of hydrogen-bond acceptors (Lipinski definition) is 2. The van der Waals surface area contributed by atoms with E-state index in [2.05, 4.69) is 76.4 Å². The molecule has 2 nitrogen and oxygen atoms in total. The Bertz CT molecular complexity index is 496. The summed E-state index contributed by atoms with van der Waals surface area (Å²) < 4.78 is 1.10. The number of nitrogens with two attached hydrogens (primary N) is 1. The van der Waals surface area contributed by atoms with Crippen LogP contribution in [0.5, 0.6) is 0 Å². The molecule has 19 heavy (non-hydrogen) atoms. The summed E-state index contributed by atoms with van der Waals surface area (Å²) >= 11 is 3.46. The van der Waals surface area contributed by atoms with Crippen LogP contribution in [0.4, 0.5) is 0 Å². The van der Waals surface area contributed by atoms with Crippen LogP contribution in [0.2, 0.25) is 0 Å². The van der Waals surface area contributed by atoms with Crippen molar-refractivity contribution in [3.8, 4) is 0 Å². The summed E-state index contributed by atoms with van der Waals surface area (Å²) in [5.41, 5.74) is 8.50. The highest BCUT2D eigenvalue weighted by molar-refractivity contribution is 9.10. The lowest BCUT2D eigenvalue weighted by Gasteiger charge is -2.27. The van der Waals surface area contributed by atoms with Crippen molar-refractivity contribution in [2.75, 3.05) is 13.6 Å². The molecule has 0 aromatic heterocycles. The van der Waals surface area contributed by atoms with Gasteiger partial charge in [-0.05, 0) is 30.3 Å². The molecule has 0 radical (unpaired) electrons. The molecule has 2 rings (SSSR count). The van der Waals surface area contributed by atoms with Crippen molar-refractivity contribution in [1.82, 2.24) is 4.90 Å². The molecule has 0 saturated carbocycles. The lowest BCUT2D eigenvalue weighted by molar-refractivity contribution is 0.242. The molecule has 2 N–H and O–H groups in total. The number of nitrogens with zero attached hydrogens (tertiary/aromatic N) is 1. The van der Waals surface area contributed by atoms with Crippen LogP contribution < -0.4 is 5.73 Å². The van der Waals surface area contributed by atoms with Crippen molar-refractivity contribution in [3.05, 3.63) is 70.2 Å². The summed E-state index contributed by atoms with van der Waals surface area (Å²) in [4.78, 5) is 2.29. The smallest absolute Gasteiger partial charge is 0.0470 e. The number of halogens is 1. The first kappa shape index (κ1) is 14.3.